The molecule has 1 aromatic carbocycles. The lowest BCUT2D eigenvalue weighted by Gasteiger charge is -2.41. The Bertz CT molecular complexity index is 1480. The third-order valence-electron chi connectivity index (χ3n) is 8.18. The number of hydrogen-bond donors (Lipinski definition) is 3. The van der Waals surface area contributed by atoms with Gasteiger partial charge in [-0.15, -0.1) is 0 Å². The molecule has 0 radical (unpaired) electrons. The Kier molecular flexibility index (Phi) is 10.6. The summed E-state index contributed by atoms with van der Waals surface area (Å²) in [7, 11) is 0. The first kappa shape index (κ1) is 35.1. The summed E-state index contributed by atoms with van der Waals surface area (Å²) in [6, 6.07) is 7.22. The van der Waals surface area contributed by atoms with Gasteiger partial charge in [0.25, 0.3) is 5.95 Å². The molecule has 2 bridgehead atoms. The van der Waals surface area contributed by atoms with E-state index in [0.29, 0.717) is 23.4 Å². The van der Waals surface area contributed by atoms with Crippen molar-refractivity contribution in [3.63, 3.8) is 0 Å². The van der Waals surface area contributed by atoms with Crippen LogP contribution < -0.4 is 5.32 Å². The highest BCUT2D eigenvalue weighted by Gasteiger charge is 2.39. The predicted octanol–water partition coefficient (Wildman–Crippen LogP) is 5.40. The first-order valence-electron chi connectivity index (χ1n) is 14.6. The minimum atomic E-state index is -5.08. The number of nitrogens with zero attached hydrogens (tertiary/aromatic N) is 5. The van der Waals surface area contributed by atoms with Crippen LogP contribution in [0.25, 0.3) is 16.9 Å². The van der Waals surface area contributed by atoms with Gasteiger partial charge >= 0.3 is 24.3 Å². The van der Waals surface area contributed by atoms with Crippen LogP contribution in [0.15, 0.2) is 22.7 Å². The fourth-order valence-corrected chi connectivity index (χ4v) is 6.04. The van der Waals surface area contributed by atoms with Crippen LogP contribution in [-0.4, -0.2) is 90.5 Å². The maximum Gasteiger partial charge on any atom is 0.490 e. The zero-order chi connectivity index (χ0) is 34.0. The molecular weight excluding hydrogens is 633 g/mol. The Morgan fingerprint density at radius 1 is 0.957 bits per heavy atom. The number of halogens is 7. The Morgan fingerprint density at radius 3 is 2.00 bits per heavy atom. The summed E-state index contributed by atoms with van der Waals surface area (Å²) in [5.74, 6) is -4.45. The molecule has 0 amide bonds. The molecule has 3 aromatic rings. The van der Waals surface area contributed by atoms with Crippen molar-refractivity contribution in [2.45, 2.75) is 94.7 Å². The number of aliphatic carboxylic acids is 2. The van der Waals surface area contributed by atoms with Crippen molar-refractivity contribution in [3.8, 4) is 5.95 Å². The van der Waals surface area contributed by atoms with E-state index in [1.807, 2.05) is 6.07 Å². The number of carboxylic acids is 2. The van der Waals surface area contributed by atoms with E-state index in [4.69, 9.17) is 24.3 Å². The topological polar surface area (TPSA) is 147 Å². The van der Waals surface area contributed by atoms with Crippen LogP contribution in [0.1, 0.15) is 75.8 Å². The van der Waals surface area contributed by atoms with Gasteiger partial charge in [0.1, 0.15) is 11.3 Å². The van der Waals surface area contributed by atoms with Crippen LogP contribution in [-0.2, 0) is 9.59 Å². The number of carboxylic acid groups (broad SMARTS) is 2. The highest BCUT2D eigenvalue weighted by Crippen LogP contribution is 2.35. The van der Waals surface area contributed by atoms with Crippen molar-refractivity contribution >= 4 is 22.8 Å². The van der Waals surface area contributed by atoms with Gasteiger partial charge in [-0.2, -0.15) is 41.1 Å². The third kappa shape index (κ3) is 8.31. The molecule has 18 heteroatoms. The predicted molar refractivity (Wildman–Crippen MR) is 147 cm³/mol. The second-order valence-corrected chi connectivity index (χ2v) is 11.7. The van der Waals surface area contributed by atoms with Gasteiger partial charge < -0.3 is 25.0 Å². The number of nitrogens with one attached hydrogen (secondary N) is 1. The molecule has 0 spiro atoms. The molecule has 2 aromatic heterocycles. The molecule has 254 valence electrons. The summed E-state index contributed by atoms with van der Waals surface area (Å²) >= 11 is 0. The first-order valence-corrected chi connectivity index (χ1v) is 14.6. The summed E-state index contributed by atoms with van der Waals surface area (Å²) < 4.78 is 85.3. The summed E-state index contributed by atoms with van der Waals surface area (Å²) in [4.78, 5) is 25.1. The van der Waals surface area contributed by atoms with Crippen molar-refractivity contribution in [2.75, 3.05) is 13.1 Å². The number of rotatable bonds is 4. The standard InChI is InChI=1S/C24H31FN6O.2C2HF3O2/c1-14(2)21-19-4-3-5-20(25)22(19)31(28-21)24-27-23(32-29-24)15-8-10-30(11-9-15)18-12-16-6-7-17(13-18)26-16;2*3-2(4,5)1(6)7/h3-5,14-18,26H,6-13H2,1-2H3;2*(H,6,7). The number of piperidine rings is 2. The third-order valence-corrected chi connectivity index (χ3v) is 8.18. The van der Waals surface area contributed by atoms with Crippen LogP contribution in [0, 0.1) is 5.82 Å². The number of aromatic nitrogens is 4. The average molecular weight is 667 g/mol. The lowest BCUT2D eigenvalue weighted by Crippen LogP contribution is -2.50. The van der Waals surface area contributed by atoms with E-state index in [2.05, 4.69) is 39.3 Å². The molecule has 0 saturated carbocycles. The van der Waals surface area contributed by atoms with Gasteiger partial charge in [0.15, 0.2) is 0 Å². The zero-order valence-corrected chi connectivity index (χ0v) is 24.8. The first-order chi connectivity index (χ1) is 21.5. The smallest absolute Gasteiger partial charge is 0.475 e. The highest BCUT2D eigenvalue weighted by atomic mass is 19.4. The largest absolute Gasteiger partial charge is 0.490 e. The molecule has 3 fully saturated rings. The molecule has 6 rings (SSSR count). The number of likely N-dealkylation sites (tertiary alicyclic amines) is 1. The van der Waals surface area contributed by atoms with Crippen LogP contribution in [0.4, 0.5) is 30.7 Å². The number of hydrogen-bond acceptors (Lipinski definition) is 8. The monoisotopic (exact) mass is 666 g/mol. The Morgan fingerprint density at radius 2 is 1.50 bits per heavy atom. The molecular formula is C28H33F7N6O5. The van der Waals surface area contributed by atoms with Crippen LogP contribution in [0.5, 0.6) is 0 Å². The van der Waals surface area contributed by atoms with E-state index in [9.17, 15) is 30.7 Å². The number of para-hydroxylation sites is 1. The van der Waals surface area contributed by atoms with Crippen LogP contribution in [0.2, 0.25) is 0 Å². The van der Waals surface area contributed by atoms with Crippen LogP contribution in [0.3, 0.4) is 0 Å². The average Bonchev–Trinajstić information content (AvgIpc) is 3.70. The molecule has 3 aliphatic rings. The van der Waals surface area contributed by atoms with E-state index < -0.39 is 24.3 Å². The summed E-state index contributed by atoms with van der Waals surface area (Å²) in [5.41, 5.74) is 1.26. The summed E-state index contributed by atoms with van der Waals surface area (Å²) in [6.45, 7) is 6.26. The van der Waals surface area contributed by atoms with Gasteiger partial charge in [-0.05, 0) is 68.8 Å². The molecule has 3 aliphatic heterocycles. The van der Waals surface area contributed by atoms with Gasteiger partial charge in [0, 0.05) is 29.4 Å². The maximum absolute atomic E-state index is 14.7. The molecule has 5 heterocycles. The fourth-order valence-electron chi connectivity index (χ4n) is 6.04. The second kappa shape index (κ2) is 13.9. The van der Waals surface area contributed by atoms with E-state index in [1.165, 1.54) is 36.4 Å². The summed E-state index contributed by atoms with van der Waals surface area (Å²) in [6.07, 6.45) is -2.89. The lowest BCUT2D eigenvalue weighted by molar-refractivity contribution is -0.193. The Balaban J connectivity index is 0.000000289. The maximum atomic E-state index is 14.7. The number of fused-ring (bicyclic) bond motifs is 3. The Labute approximate surface area is 257 Å². The molecule has 2 unspecified atom stereocenters. The Hall–Kier alpha value is -3.80. The quantitative estimate of drug-likeness (QED) is 0.310. The van der Waals surface area contributed by atoms with E-state index in [0.717, 1.165) is 49.1 Å². The van der Waals surface area contributed by atoms with Gasteiger partial charge in [-0.3, -0.25) is 0 Å². The molecule has 3 saturated heterocycles. The van der Waals surface area contributed by atoms with E-state index in [1.54, 1.807) is 6.07 Å². The van der Waals surface area contributed by atoms with Gasteiger partial charge in [0.2, 0.25) is 5.89 Å². The summed E-state index contributed by atoms with van der Waals surface area (Å²) in [5, 5.41) is 27.6. The van der Waals surface area contributed by atoms with Crippen LogP contribution >= 0.6 is 0 Å². The minimum absolute atomic E-state index is 0.168. The van der Waals surface area contributed by atoms with E-state index in [-0.39, 0.29) is 17.7 Å². The number of benzene rings is 1. The van der Waals surface area contributed by atoms with Crippen molar-refractivity contribution in [3.05, 3.63) is 35.6 Å². The van der Waals surface area contributed by atoms with Crippen molar-refractivity contribution in [1.82, 2.24) is 30.1 Å². The zero-order valence-electron chi connectivity index (χ0n) is 24.8. The molecule has 11 nitrogen and oxygen atoms in total. The fraction of sp³-hybridized carbons (Fsp3) is 0.607. The van der Waals surface area contributed by atoms with Crippen molar-refractivity contribution in [2.24, 2.45) is 0 Å². The normalized spacial score (nSPS) is 22.3. The second-order valence-electron chi connectivity index (χ2n) is 11.7. The van der Waals surface area contributed by atoms with Gasteiger partial charge in [0.05, 0.1) is 5.69 Å². The molecule has 46 heavy (non-hydrogen) atoms. The number of carbonyl (C=O) groups is 2. The minimum Gasteiger partial charge on any atom is -0.475 e. The van der Waals surface area contributed by atoms with Crippen molar-refractivity contribution < 1.29 is 55.1 Å². The van der Waals surface area contributed by atoms with Gasteiger partial charge in [-0.25, -0.2) is 14.0 Å². The lowest BCUT2D eigenvalue weighted by atomic mass is 9.92. The molecule has 2 atom stereocenters. The number of alkyl halides is 6. The van der Waals surface area contributed by atoms with E-state index >= 15 is 0 Å². The molecule has 0 aliphatic carbocycles. The SMILES string of the molecule is CC(C)c1nn(-c2noc(C3CCN(C4CC5CCC(C4)N5)CC3)n2)c2c(F)cccc12.O=C(O)C(F)(F)F.O=C(O)C(F)(F)F. The van der Waals surface area contributed by atoms with Gasteiger partial charge in [-0.1, -0.05) is 26.0 Å². The highest BCUT2D eigenvalue weighted by molar-refractivity contribution is 5.84. The van der Waals surface area contributed by atoms with Crippen molar-refractivity contribution in [1.29, 1.82) is 0 Å². The molecule has 3 N–H and O–H groups in total.